The van der Waals surface area contributed by atoms with E-state index < -0.39 is 0 Å². The van der Waals surface area contributed by atoms with Gasteiger partial charge in [-0.25, -0.2) is 4.98 Å². The topological polar surface area (TPSA) is 12.9 Å². The number of aromatic nitrogens is 1. The van der Waals surface area contributed by atoms with Gasteiger partial charge in [0.25, 0.3) is 0 Å². The van der Waals surface area contributed by atoms with Gasteiger partial charge in [0, 0.05) is 4.88 Å². The molecule has 0 unspecified atom stereocenters. The lowest BCUT2D eigenvalue weighted by atomic mass is 10.4. The van der Waals surface area contributed by atoms with E-state index in [1.165, 1.54) is 11.3 Å². The molecule has 43 valence electrons. The monoisotopic (exact) mass is 146 g/mol. The Labute approximate surface area is 57.3 Å². The zero-order valence-corrected chi connectivity index (χ0v) is 6.01. The first kappa shape index (κ1) is 6.05. The van der Waals surface area contributed by atoms with Gasteiger partial charge in [-0.3, -0.25) is 0 Å². The predicted octanol–water partition coefficient (Wildman–Crippen LogP) is 2.29. The zero-order chi connectivity index (χ0) is 6.15. The summed E-state index contributed by atoms with van der Waals surface area (Å²) in [5.41, 5.74) is 0.931. The number of hydrogen-bond acceptors (Lipinski definition) is 2. The summed E-state index contributed by atoms with van der Waals surface area (Å²) in [7, 11) is 0. The minimum Gasteiger partial charge on any atom is -0.230 e. The maximum absolute atomic E-state index is 5.53. The molecule has 1 nitrogen and oxygen atoms in total. The molecular weight excluding hydrogens is 142 g/mol. The Morgan fingerprint density at radius 3 is 2.50 bits per heavy atom. The number of hydrogen-bond donors (Lipinski definition) is 0. The van der Waals surface area contributed by atoms with Crippen LogP contribution in [-0.2, 0) is 0 Å². The van der Waals surface area contributed by atoms with Gasteiger partial charge in [-0.05, 0) is 13.8 Å². The van der Waals surface area contributed by atoms with Gasteiger partial charge in [-0.15, -0.1) is 11.3 Å². The fourth-order valence-electron chi connectivity index (χ4n) is 0.393. The first-order valence-corrected chi connectivity index (χ1v) is 3.34. The summed E-state index contributed by atoms with van der Waals surface area (Å²) in [6, 6.07) is 0. The van der Waals surface area contributed by atoms with Crippen LogP contribution in [0.4, 0.5) is 0 Å². The van der Waals surface area contributed by atoms with Crippen LogP contribution in [0.1, 0.15) is 10.6 Å². The van der Waals surface area contributed by atoms with E-state index >= 15 is 0 Å². The molecule has 0 N–H and O–H groups in total. The summed E-state index contributed by atoms with van der Waals surface area (Å²) >= 11 is 6.95. The first-order chi connectivity index (χ1) is 3.70. The summed E-state index contributed by atoms with van der Waals surface area (Å²) in [4.78, 5) is 4.89. The summed E-state index contributed by atoms with van der Waals surface area (Å²) in [6.45, 7) is 5.61. The highest BCUT2D eigenvalue weighted by Gasteiger charge is 1.97. The van der Waals surface area contributed by atoms with Crippen molar-refractivity contribution in [3.05, 3.63) is 22.0 Å². The molecule has 0 fully saturated rings. The smallest absolute Gasteiger partial charge is 0.184 e. The normalized spacial score (nSPS) is 9.88. The molecule has 0 aliphatic carbocycles. The van der Waals surface area contributed by atoms with Crippen molar-refractivity contribution in [1.82, 2.24) is 4.98 Å². The van der Waals surface area contributed by atoms with Crippen molar-refractivity contribution in [2.75, 3.05) is 0 Å². The van der Waals surface area contributed by atoms with Gasteiger partial charge in [0.15, 0.2) is 4.47 Å². The van der Waals surface area contributed by atoms with E-state index in [1.807, 2.05) is 6.92 Å². The Balaban J connectivity index is 3.14. The molecule has 0 saturated carbocycles. The number of rotatable bonds is 0. The van der Waals surface area contributed by atoms with Crippen LogP contribution >= 0.6 is 22.9 Å². The second-order valence-electron chi connectivity index (χ2n) is 1.48. The van der Waals surface area contributed by atoms with Crippen LogP contribution in [0.25, 0.3) is 0 Å². The Morgan fingerprint density at radius 1 is 1.75 bits per heavy atom. The third-order valence-electron chi connectivity index (χ3n) is 0.867. The Morgan fingerprint density at radius 2 is 2.38 bits per heavy atom. The fraction of sp³-hybridized carbons (Fsp3) is 0.200. The van der Waals surface area contributed by atoms with Crippen LogP contribution in [0.2, 0.25) is 4.47 Å². The van der Waals surface area contributed by atoms with E-state index in [4.69, 9.17) is 11.6 Å². The highest BCUT2D eigenvalue weighted by Crippen LogP contribution is 2.20. The molecule has 0 amide bonds. The molecule has 1 aromatic heterocycles. The highest BCUT2D eigenvalue weighted by molar-refractivity contribution is 7.16. The van der Waals surface area contributed by atoms with E-state index in [9.17, 15) is 0 Å². The second kappa shape index (κ2) is 2.03. The molecule has 8 heavy (non-hydrogen) atoms. The fourth-order valence-corrected chi connectivity index (χ4v) is 1.38. The Bertz CT molecular complexity index is 175. The lowest BCUT2D eigenvalue weighted by Gasteiger charge is -1.77. The van der Waals surface area contributed by atoms with Crippen molar-refractivity contribution >= 4 is 22.9 Å². The van der Waals surface area contributed by atoms with Gasteiger partial charge >= 0.3 is 0 Å². The van der Waals surface area contributed by atoms with Crippen LogP contribution in [-0.4, -0.2) is 4.98 Å². The van der Waals surface area contributed by atoms with Gasteiger partial charge in [0.05, 0.1) is 5.69 Å². The van der Waals surface area contributed by atoms with Gasteiger partial charge in [-0.1, -0.05) is 11.6 Å². The average molecular weight is 147 g/mol. The third kappa shape index (κ3) is 1.01. The summed E-state index contributed by atoms with van der Waals surface area (Å²) in [5.74, 6) is 0. The molecule has 1 aromatic rings. The standard InChI is InChI=1S/C5H5ClNS/c1-3-4(2)8-5(6)7-3/h2H2,1H3. The molecule has 0 aromatic carbocycles. The minimum atomic E-state index is 0.576. The van der Waals surface area contributed by atoms with E-state index in [1.54, 1.807) is 0 Å². The van der Waals surface area contributed by atoms with Gasteiger partial charge in [-0.2, -0.15) is 0 Å². The van der Waals surface area contributed by atoms with Crippen LogP contribution < -0.4 is 0 Å². The van der Waals surface area contributed by atoms with Gasteiger partial charge < -0.3 is 0 Å². The molecule has 1 rings (SSSR count). The first-order valence-electron chi connectivity index (χ1n) is 2.15. The molecule has 0 saturated heterocycles. The molecule has 1 heterocycles. The van der Waals surface area contributed by atoms with Crippen molar-refractivity contribution < 1.29 is 0 Å². The average Bonchev–Trinajstić information content (AvgIpc) is 1.85. The highest BCUT2D eigenvalue weighted by atomic mass is 35.5. The summed E-state index contributed by atoms with van der Waals surface area (Å²) in [6.07, 6.45) is 0. The third-order valence-corrected chi connectivity index (χ3v) is 1.98. The molecule has 0 spiro atoms. The van der Waals surface area contributed by atoms with E-state index in [0.29, 0.717) is 4.47 Å². The minimum absolute atomic E-state index is 0.576. The number of halogens is 1. The van der Waals surface area contributed by atoms with E-state index in [2.05, 4.69) is 11.9 Å². The SMILES string of the molecule is [CH2]c1sc(Cl)nc1C. The summed E-state index contributed by atoms with van der Waals surface area (Å²) in [5, 5.41) is 0. The maximum atomic E-state index is 5.53. The molecule has 3 heteroatoms. The zero-order valence-electron chi connectivity index (χ0n) is 4.44. The van der Waals surface area contributed by atoms with E-state index in [-0.39, 0.29) is 0 Å². The Kier molecular flexibility index (Phi) is 1.54. The van der Waals surface area contributed by atoms with Crippen molar-refractivity contribution in [1.29, 1.82) is 0 Å². The molecule has 0 bridgehead atoms. The Hall–Kier alpha value is -0.0800. The molecule has 0 atom stereocenters. The van der Waals surface area contributed by atoms with Gasteiger partial charge in [0.1, 0.15) is 0 Å². The number of aryl methyl sites for hydroxylation is 1. The van der Waals surface area contributed by atoms with Crippen LogP contribution in [0, 0.1) is 13.8 Å². The number of nitrogens with zero attached hydrogens (tertiary/aromatic N) is 1. The van der Waals surface area contributed by atoms with Crippen LogP contribution in [0.3, 0.4) is 0 Å². The maximum Gasteiger partial charge on any atom is 0.184 e. The lowest BCUT2D eigenvalue weighted by Crippen LogP contribution is -1.69. The lowest BCUT2D eigenvalue weighted by molar-refractivity contribution is 1.25. The van der Waals surface area contributed by atoms with Crippen LogP contribution in [0.5, 0.6) is 0 Å². The molecular formula is C5H5ClNS. The largest absolute Gasteiger partial charge is 0.230 e. The molecule has 0 aliphatic heterocycles. The van der Waals surface area contributed by atoms with Crippen molar-refractivity contribution in [3.8, 4) is 0 Å². The van der Waals surface area contributed by atoms with Crippen molar-refractivity contribution in [2.45, 2.75) is 6.92 Å². The quantitative estimate of drug-likeness (QED) is 0.547. The second-order valence-corrected chi connectivity index (χ2v) is 3.14. The van der Waals surface area contributed by atoms with E-state index in [0.717, 1.165) is 10.6 Å². The van der Waals surface area contributed by atoms with Crippen LogP contribution in [0.15, 0.2) is 0 Å². The molecule has 0 aliphatic rings. The van der Waals surface area contributed by atoms with Crippen molar-refractivity contribution in [2.24, 2.45) is 0 Å². The van der Waals surface area contributed by atoms with Gasteiger partial charge in [0.2, 0.25) is 0 Å². The predicted molar refractivity (Wildman–Crippen MR) is 36.3 cm³/mol. The number of thiazole rings is 1. The summed E-state index contributed by atoms with van der Waals surface area (Å²) < 4.78 is 0.576. The van der Waals surface area contributed by atoms with Crippen molar-refractivity contribution in [3.63, 3.8) is 0 Å². The molecule has 1 radical (unpaired) electrons.